The van der Waals surface area contributed by atoms with Crippen molar-refractivity contribution in [2.75, 3.05) is 12.3 Å². The van der Waals surface area contributed by atoms with Gasteiger partial charge in [-0.1, -0.05) is 31.8 Å². The van der Waals surface area contributed by atoms with Crippen molar-refractivity contribution in [1.29, 1.82) is 0 Å². The van der Waals surface area contributed by atoms with Crippen molar-refractivity contribution in [3.63, 3.8) is 0 Å². The third-order valence-corrected chi connectivity index (χ3v) is 3.25. The minimum Gasteiger partial charge on any atom is -0.452 e. The molecule has 124 valence electrons. The molecule has 1 rings (SSSR count). The number of nitrogens with one attached hydrogen (secondary N) is 1. The Morgan fingerprint density at radius 2 is 2.00 bits per heavy atom. The molecule has 7 nitrogen and oxygen atoms in total. The van der Waals surface area contributed by atoms with Crippen LogP contribution in [0.4, 0.5) is 5.88 Å². The van der Waals surface area contributed by atoms with Gasteiger partial charge in [-0.3, -0.25) is 4.79 Å². The fraction of sp³-hybridized carbons (Fsp3) is 0.667. The maximum atomic E-state index is 11.8. The fourth-order valence-electron chi connectivity index (χ4n) is 2.06. The molecule has 1 atom stereocenters. The predicted molar refractivity (Wildman–Crippen MR) is 82.2 cm³/mol. The smallest absolute Gasteiger partial charge is 0.346 e. The van der Waals surface area contributed by atoms with Crippen molar-refractivity contribution in [2.45, 2.75) is 53.0 Å². The van der Waals surface area contributed by atoms with Crippen LogP contribution < -0.4 is 11.1 Å². The second-order valence-corrected chi connectivity index (χ2v) is 5.88. The zero-order valence-corrected chi connectivity index (χ0v) is 13.6. The summed E-state index contributed by atoms with van der Waals surface area (Å²) in [6.45, 7) is 7.50. The van der Waals surface area contributed by atoms with Gasteiger partial charge in [0, 0.05) is 6.04 Å². The molecule has 0 fully saturated rings. The van der Waals surface area contributed by atoms with Crippen LogP contribution in [0.1, 0.15) is 56.1 Å². The fourth-order valence-corrected chi connectivity index (χ4v) is 2.06. The van der Waals surface area contributed by atoms with Gasteiger partial charge in [-0.05, 0) is 26.2 Å². The number of aryl methyl sites for hydroxylation is 1. The second kappa shape index (κ2) is 8.41. The monoisotopic (exact) mass is 311 g/mol. The lowest BCUT2D eigenvalue weighted by Crippen LogP contribution is -2.35. The number of aromatic nitrogens is 1. The van der Waals surface area contributed by atoms with E-state index in [0.717, 1.165) is 19.3 Å². The van der Waals surface area contributed by atoms with Gasteiger partial charge in [0.1, 0.15) is 5.56 Å². The van der Waals surface area contributed by atoms with E-state index in [9.17, 15) is 9.59 Å². The zero-order chi connectivity index (χ0) is 16.7. The van der Waals surface area contributed by atoms with E-state index >= 15 is 0 Å². The number of amides is 1. The highest BCUT2D eigenvalue weighted by Gasteiger charge is 2.21. The first kappa shape index (κ1) is 18.0. The Kier molecular flexibility index (Phi) is 6.88. The molecule has 0 aliphatic carbocycles. The van der Waals surface area contributed by atoms with E-state index in [-0.39, 0.29) is 30.0 Å². The molecule has 1 heterocycles. The summed E-state index contributed by atoms with van der Waals surface area (Å²) in [7, 11) is 0. The molecule has 22 heavy (non-hydrogen) atoms. The lowest BCUT2D eigenvalue weighted by Gasteiger charge is -2.14. The van der Waals surface area contributed by atoms with Gasteiger partial charge in [-0.25, -0.2) is 4.79 Å². The normalized spacial score (nSPS) is 12.2. The Labute approximate surface area is 130 Å². The highest BCUT2D eigenvalue weighted by Crippen LogP contribution is 2.16. The zero-order valence-electron chi connectivity index (χ0n) is 13.6. The van der Waals surface area contributed by atoms with E-state index in [0.29, 0.717) is 11.6 Å². The predicted octanol–water partition coefficient (Wildman–Crippen LogP) is 2.05. The van der Waals surface area contributed by atoms with Crippen molar-refractivity contribution in [1.82, 2.24) is 10.5 Å². The molecular formula is C15H25N3O4. The van der Waals surface area contributed by atoms with Gasteiger partial charge in [0.25, 0.3) is 5.91 Å². The largest absolute Gasteiger partial charge is 0.452 e. The quantitative estimate of drug-likeness (QED) is 0.711. The Morgan fingerprint density at radius 3 is 2.55 bits per heavy atom. The first-order chi connectivity index (χ1) is 10.3. The van der Waals surface area contributed by atoms with Gasteiger partial charge in [0.2, 0.25) is 5.88 Å². The lowest BCUT2D eigenvalue weighted by molar-refractivity contribution is -0.124. The SMILES string of the molecule is Cc1noc(N)c1C(=O)OCC(=O)NC(C)CCCC(C)C. The highest BCUT2D eigenvalue weighted by atomic mass is 16.5. The number of carbonyl (C=O) groups excluding carboxylic acids is 2. The van der Waals surface area contributed by atoms with E-state index in [1.54, 1.807) is 6.92 Å². The first-order valence-corrected chi connectivity index (χ1v) is 7.49. The Bertz CT molecular complexity index is 491. The number of nitrogens with zero attached hydrogens (tertiary/aromatic N) is 1. The molecular weight excluding hydrogens is 286 g/mol. The molecule has 0 aromatic carbocycles. The Balaban J connectivity index is 2.32. The van der Waals surface area contributed by atoms with E-state index in [4.69, 9.17) is 10.5 Å². The number of nitrogen functional groups attached to an aromatic ring is 1. The molecule has 1 unspecified atom stereocenters. The van der Waals surface area contributed by atoms with Crippen LogP contribution >= 0.6 is 0 Å². The third-order valence-electron chi connectivity index (χ3n) is 3.25. The van der Waals surface area contributed by atoms with Crippen molar-refractivity contribution < 1.29 is 18.8 Å². The van der Waals surface area contributed by atoms with E-state index < -0.39 is 5.97 Å². The summed E-state index contributed by atoms with van der Waals surface area (Å²) in [6, 6.07) is 0.0485. The Morgan fingerprint density at radius 1 is 1.32 bits per heavy atom. The van der Waals surface area contributed by atoms with Crippen LogP contribution in [0.5, 0.6) is 0 Å². The number of rotatable bonds is 8. The van der Waals surface area contributed by atoms with Gasteiger partial charge in [-0.15, -0.1) is 0 Å². The van der Waals surface area contributed by atoms with Gasteiger partial charge in [0.05, 0.1) is 5.69 Å². The van der Waals surface area contributed by atoms with Crippen LogP contribution in [-0.4, -0.2) is 29.7 Å². The Hall–Kier alpha value is -2.05. The number of hydrogen-bond donors (Lipinski definition) is 2. The molecule has 0 radical (unpaired) electrons. The molecule has 1 amide bonds. The van der Waals surface area contributed by atoms with E-state index in [2.05, 4.69) is 28.8 Å². The maximum Gasteiger partial charge on any atom is 0.346 e. The average Bonchev–Trinajstić information content (AvgIpc) is 2.75. The van der Waals surface area contributed by atoms with Crippen molar-refractivity contribution in [2.24, 2.45) is 5.92 Å². The molecule has 3 N–H and O–H groups in total. The molecule has 7 heteroatoms. The summed E-state index contributed by atoms with van der Waals surface area (Å²) in [5.74, 6) is -0.497. The lowest BCUT2D eigenvalue weighted by atomic mass is 10.0. The molecule has 0 saturated carbocycles. The summed E-state index contributed by atoms with van der Waals surface area (Å²) in [5, 5.41) is 6.36. The molecule has 0 saturated heterocycles. The number of anilines is 1. The topological polar surface area (TPSA) is 107 Å². The minimum atomic E-state index is -0.709. The number of hydrogen-bond acceptors (Lipinski definition) is 6. The van der Waals surface area contributed by atoms with Crippen molar-refractivity contribution >= 4 is 17.8 Å². The molecule has 0 bridgehead atoms. The van der Waals surface area contributed by atoms with Crippen LogP contribution in [0.3, 0.4) is 0 Å². The second-order valence-electron chi connectivity index (χ2n) is 5.88. The highest BCUT2D eigenvalue weighted by molar-refractivity contribution is 5.96. The standard InChI is InChI=1S/C15H25N3O4/c1-9(2)6-5-7-10(3)17-12(19)8-21-15(20)13-11(4)18-22-14(13)16/h9-10H,5-8,16H2,1-4H3,(H,17,19). The summed E-state index contributed by atoms with van der Waals surface area (Å²) in [5.41, 5.74) is 5.88. The van der Waals surface area contributed by atoms with Gasteiger partial charge in [0.15, 0.2) is 6.61 Å². The van der Waals surface area contributed by atoms with Gasteiger partial charge >= 0.3 is 5.97 Å². The van der Waals surface area contributed by atoms with Gasteiger partial charge in [-0.2, -0.15) is 0 Å². The summed E-state index contributed by atoms with van der Waals surface area (Å²) in [6.07, 6.45) is 3.08. The first-order valence-electron chi connectivity index (χ1n) is 7.49. The van der Waals surface area contributed by atoms with Crippen LogP contribution in [0.15, 0.2) is 4.52 Å². The summed E-state index contributed by atoms with van der Waals surface area (Å²) < 4.78 is 9.60. The van der Waals surface area contributed by atoms with Crippen molar-refractivity contribution in [3.8, 4) is 0 Å². The van der Waals surface area contributed by atoms with Crippen LogP contribution in [0.2, 0.25) is 0 Å². The molecule has 0 aliphatic heterocycles. The average molecular weight is 311 g/mol. The van der Waals surface area contributed by atoms with Gasteiger partial charge < -0.3 is 20.3 Å². The van der Waals surface area contributed by atoms with Crippen molar-refractivity contribution in [3.05, 3.63) is 11.3 Å². The van der Waals surface area contributed by atoms with E-state index in [1.165, 1.54) is 0 Å². The van der Waals surface area contributed by atoms with Crippen LogP contribution in [0.25, 0.3) is 0 Å². The number of nitrogens with two attached hydrogens (primary N) is 1. The summed E-state index contributed by atoms with van der Waals surface area (Å²) in [4.78, 5) is 23.5. The molecule has 1 aromatic heterocycles. The minimum absolute atomic E-state index is 0.0485. The third kappa shape index (κ3) is 5.75. The maximum absolute atomic E-state index is 11.8. The van der Waals surface area contributed by atoms with E-state index in [1.807, 2.05) is 6.92 Å². The number of carbonyl (C=O) groups is 2. The molecule has 1 aromatic rings. The van der Waals surface area contributed by atoms with Crippen LogP contribution in [0, 0.1) is 12.8 Å². The van der Waals surface area contributed by atoms with Crippen LogP contribution in [-0.2, 0) is 9.53 Å². The molecule has 0 aliphatic rings. The summed E-state index contributed by atoms with van der Waals surface area (Å²) >= 11 is 0. The number of esters is 1. The number of ether oxygens (including phenoxy) is 1. The molecule has 0 spiro atoms.